The Kier molecular flexibility index (Phi) is 2.02. The van der Waals surface area contributed by atoms with E-state index in [0.717, 1.165) is 11.1 Å². The van der Waals surface area contributed by atoms with E-state index in [1.807, 2.05) is 24.3 Å². The van der Waals surface area contributed by atoms with Crippen LogP contribution >= 0.6 is 0 Å². The van der Waals surface area contributed by atoms with E-state index < -0.39 is 23.8 Å². The molecule has 3 rings (SSSR count). The van der Waals surface area contributed by atoms with Crippen LogP contribution in [0.3, 0.4) is 0 Å². The molecule has 1 fully saturated rings. The lowest BCUT2D eigenvalue weighted by Gasteiger charge is -2.37. The minimum atomic E-state index is -0.877. The molecule has 2 N–H and O–H groups in total. The minimum absolute atomic E-state index is 0.107. The van der Waals surface area contributed by atoms with Gasteiger partial charge in [0.15, 0.2) is 0 Å². The van der Waals surface area contributed by atoms with E-state index in [-0.39, 0.29) is 18.3 Å². The Bertz CT molecular complexity index is 463. The number of fused-ring (bicyclic) bond motifs is 4. The summed E-state index contributed by atoms with van der Waals surface area (Å²) in [7, 11) is 0. The zero-order valence-corrected chi connectivity index (χ0v) is 9.04. The topological polar surface area (TPSA) is 74.6 Å². The minimum Gasteiger partial charge on any atom is -0.481 e. The number of carboxylic acid groups (broad SMARTS) is 2. The number of hydrogen-bond donors (Lipinski definition) is 2. The summed E-state index contributed by atoms with van der Waals surface area (Å²) in [6.07, 6.45) is 0.245. The highest BCUT2D eigenvalue weighted by molar-refractivity contribution is 5.80. The third-order valence-corrected chi connectivity index (χ3v) is 4.11. The first kappa shape index (κ1) is 10.3. The van der Waals surface area contributed by atoms with Crippen LogP contribution in [0.4, 0.5) is 0 Å². The van der Waals surface area contributed by atoms with Crippen molar-refractivity contribution in [2.75, 3.05) is 0 Å². The van der Waals surface area contributed by atoms with Gasteiger partial charge >= 0.3 is 11.9 Å². The van der Waals surface area contributed by atoms with Gasteiger partial charge < -0.3 is 10.2 Å². The van der Waals surface area contributed by atoms with Gasteiger partial charge in [-0.05, 0) is 17.5 Å². The Hall–Kier alpha value is -1.84. The van der Waals surface area contributed by atoms with Crippen LogP contribution in [0, 0.1) is 11.8 Å². The van der Waals surface area contributed by atoms with Crippen molar-refractivity contribution < 1.29 is 19.8 Å². The van der Waals surface area contributed by atoms with Crippen molar-refractivity contribution in [3.8, 4) is 0 Å². The fourth-order valence-electron chi connectivity index (χ4n) is 3.42. The normalized spacial score (nSPS) is 33.4. The fourth-order valence-corrected chi connectivity index (χ4v) is 3.42. The predicted octanol–water partition coefficient (Wildman–Crippen LogP) is 1.67. The summed E-state index contributed by atoms with van der Waals surface area (Å²) in [6.45, 7) is 0. The van der Waals surface area contributed by atoms with E-state index >= 15 is 0 Å². The Labute approximate surface area is 97.9 Å². The van der Waals surface area contributed by atoms with E-state index in [2.05, 4.69) is 0 Å². The molecule has 4 atom stereocenters. The van der Waals surface area contributed by atoms with Crippen LogP contribution in [0.25, 0.3) is 0 Å². The molecule has 0 aliphatic heterocycles. The lowest BCUT2D eigenvalue weighted by atomic mass is 9.65. The smallest absolute Gasteiger partial charge is 0.307 e. The molecule has 4 heteroatoms. The molecule has 0 heterocycles. The second-order valence-electron chi connectivity index (χ2n) is 4.81. The van der Waals surface area contributed by atoms with Gasteiger partial charge in [0.1, 0.15) is 0 Å². The molecule has 2 aliphatic rings. The largest absolute Gasteiger partial charge is 0.481 e. The zero-order chi connectivity index (χ0) is 12.2. The van der Waals surface area contributed by atoms with Crippen molar-refractivity contribution in [1.82, 2.24) is 0 Å². The Morgan fingerprint density at radius 3 is 1.71 bits per heavy atom. The average molecular weight is 232 g/mol. The molecule has 2 aliphatic carbocycles. The van der Waals surface area contributed by atoms with Crippen LogP contribution in [0.2, 0.25) is 0 Å². The van der Waals surface area contributed by atoms with Gasteiger partial charge in [0.2, 0.25) is 0 Å². The second kappa shape index (κ2) is 3.32. The number of benzene rings is 1. The molecular weight excluding hydrogens is 220 g/mol. The first-order valence-electron chi connectivity index (χ1n) is 5.65. The van der Waals surface area contributed by atoms with E-state index in [0.29, 0.717) is 0 Å². The number of rotatable bonds is 2. The molecule has 4 nitrogen and oxygen atoms in total. The fraction of sp³-hybridized carbons (Fsp3) is 0.385. The maximum Gasteiger partial charge on any atom is 0.307 e. The third kappa shape index (κ3) is 1.24. The lowest BCUT2D eigenvalue weighted by molar-refractivity contribution is -0.143. The third-order valence-electron chi connectivity index (χ3n) is 4.11. The van der Waals surface area contributed by atoms with Crippen molar-refractivity contribution in [1.29, 1.82) is 0 Å². The number of carboxylic acids is 2. The Morgan fingerprint density at radius 2 is 1.35 bits per heavy atom. The second-order valence-corrected chi connectivity index (χ2v) is 4.81. The highest BCUT2D eigenvalue weighted by atomic mass is 16.4. The lowest BCUT2D eigenvalue weighted by Crippen LogP contribution is -2.30. The molecule has 0 unspecified atom stereocenters. The molecule has 0 amide bonds. The van der Waals surface area contributed by atoms with Gasteiger partial charge in [-0.2, -0.15) is 0 Å². The average Bonchev–Trinajstić information content (AvgIpc) is 2.61. The van der Waals surface area contributed by atoms with E-state index in [1.165, 1.54) is 0 Å². The van der Waals surface area contributed by atoms with Crippen LogP contribution < -0.4 is 0 Å². The summed E-state index contributed by atoms with van der Waals surface area (Å²) in [6, 6.07) is 7.58. The summed E-state index contributed by atoms with van der Waals surface area (Å²) in [5.74, 6) is -3.06. The van der Waals surface area contributed by atoms with Crippen LogP contribution in [0.5, 0.6) is 0 Å². The Morgan fingerprint density at radius 1 is 0.941 bits per heavy atom. The maximum atomic E-state index is 11.2. The van der Waals surface area contributed by atoms with Crippen molar-refractivity contribution in [3.05, 3.63) is 35.4 Å². The number of carbonyl (C=O) groups is 2. The summed E-state index contributed by atoms with van der Waals surface area (Å²) in [5.41, 5.74) is 2.04. The quantitative estimate of drug-likeness (QED) is 0.813. The number of aliphatic carboxylic acids is 2. The predicted molar refractivity (Wildman–Crippen MR) is 58.8 cm³/mol. The maximum absolute atomic E-state index is 11.2. The van der Waals surface area contributed by atoms with Gasteiger partial charge in [0.25, 0.3) is 0 Å². The standard InChI is InChI=1S/C13H12O4/c14-12(15)8-5-9(13(16)17)11-7-4-2-1-3-6(7)10(8)11/h1-4,8-11H,5H2,(H,14,15)(H,16,17)/t8-,9+,10+,11-. The van der Waals surface area contributed by atoms with Crippen molar-refractivity contribution >= 4 is 11.9 Å². The molecule has 0 radical (unpaired) electrons. The van der Waals surface area contributed by atoms with Crippen molar-refractivity contribution in [2.45, 2.75) is 18.3 Å². The summed E-state index contributed by atoms with van der Waals surface area (Å²) in [4.78, 5) is 22.4. The molecule has 1 aromatic carbocycles. The summed E-state index contributed by atoms with van der Waals surface area (Å²) < 4.78 is 0. The van der Waals surface area contributed by atoms with Crippen molar-refractivity contribution in [3.63, 3.8) is 0 Å². The Balaban J connectivity index is 2.05. The molecule has 0 saturated heterocycles. The van der Waals surface area contributed by atoms with E-state index in [4.69, 9.17) is 10.2 Å². The molecular formula is C13H12O4. The van der Waals surface area contributed by atoms with Gasteiger partial charge in [-0.3, -0.25) is 9.59 Å². The monoisotopic (exact) mass is 232 g/mol. The first-order valence-corrected chi connectivity index (χ1v) is 5.65. The molecule has 0 aromatic heterocycles. The summed E-state index contributed by atoms with van der Waals surface area (Å²) in [5, 5.41) is 18.3. The first-order chi connectivity index (χ1) is 8.11. The van der Waals surface area contributed by atoms with Crippen LogP contribution in [-0.2, 0) is 9.59 Å². The van der Waals surface area contributed by atoms with E-state index in [9.17, 15) is 9.59 Å². The molecule has 0 bridgehead atoms. The van der Waals surface area contributed by atoms with Gasteiger partial charge in [-0.25, -0.2) is 0 Å². The molecule has 17 heavy (non-hydrogen) atoms. The molecule has 88 valence electrons. The van der Waals surface area contributed by atoms with Crippen LogP contribution in [0.15, 0.2) is 24.3 Å². The molecule has 1 aromatic rings. The summed E-state index contributed by atoms with van der Waals surface area (Å²) >= 11 is 0. The highest BCUT2D eigenvalue weighted by Gasteiger charge is 2.56. The molecule has 1 saturated carbocycles. The van der Waals surface area contributed by atoms with Gasteiger partial charge in [0, 0.05) is 11.8 Å². The van der Waals surface area contributed by atoms with Gasteiger partial charge in [-0.1, -0.05) is 24.3 Å². The SMILES string of the molecule is O=C(O)[C@H]1C[C@@H](C(=O)O)[C@@H]2c3ccccc3[C@@H]21. The van der Waals surface area contributed by atoms with Crippen LogP contribution in [0.1, 0.15) is 29.4 Å². The van der Waals surface area contributed by atoms with E-state index in [1.54, 1.807) is 0 Å². The highest BCUT2D eigenvalue weighted by Crippen LogP contribution is 2.61. The van der Waals surface area contributed by atoms with Gasteiger partial charge in [-0.15, -0.1) is 0 Å². The zero-order valence-electron chi connectivity index (χ0n) is 9.04. The van der Waals surface area contributed by atoms with Crippen molar-refractivity contribution in [2.24, 2.45) is 11.8 Å². The number of hydrogen-bond acceptors (Lipinski definition) is 2. The molecule has 0 spiro atoms. The van der Waals surface area contributed by atoms with Gasteiger partial charge in [0.05, 0.1) is 11.8 Å². The van der Waals surface area contributed by atoms with Crippen LogP contribution in [-0.4, -0.2) is 22.2 Å².